The molecule has 1 atom stereocenters. The third-order valence-corrected chi connectivity index (χ3v) is 7.03. The van der Waals surface area contributed by atoms with E-state index < -0.39 is 64.7 Å². The number of ether oxygens (including phenoxy) is 1. The maximum absolute atomic E-state index is 14.8. The second-order valence-electron chi connectivity index (χ2n) is 8.82. The standard InChI is InChI=1S/C24H18F9N5O3S/c25-15-7-13-11(6-14(15)20-34-9-17(42-20)23(28,29)30)3-5-38(21(13)40)4-1-2-12(10-41-22(26)27)36-16-8-35-37-19(39)18(16)24(31,32)33/h3,5-9,12,22H,1-2,4,10H2,(H2,36,37,39). The molecule has 18 heteroatoms. The van der Waals surface area contributed by atoms with Gasteiger partial charge in [0.05, 0.1) is 30.1 Å². The van der Waals surface area contributed by atoms with E-state index in [2.05, 4.69) is 20.1 Å². The zero-order chi connectivity index (χ0) is 30.8. The molecule has 2 N–H and O–H groups in total. The number of pyridine rings is 1. The van der Waals surface area contributed by atoms with Crippen molar-refractivity contribution < 1.29 is 44.3 Å². The summed E-state index contributed by atoms with van der Waals surface area (Å²) >= 11 is 0.238. The van der Waals surface area contributed by atoms with Crippen molar-refractivity contribution >= 4 is 27.8 Å². The van der Waals surface area contributed by atoms with E-state index in [4.69, 9.17) is 0 Å². The van der Waals surface area contributed by atoms with Crippen molar-refractivity contribution in [1.82, 2.24) is 19.7 Å². The van der Waals surface area contributed by atoms with Gasteiger partial charge in [-0.1, -0.05) is 0 Å². The minimum atomic E-state index is -5.08. The van der Waals surface area contributed by atoms with Gasteiger partial charge in [0.1, 0.15) is 21.3 Å². The molecule has 226 valence electrons. The number of fused-ring (bicyclic) bond motifs is 1. The van der Waals surface area contributed by atoms with Gasteiger partial charge in [-0.25, -0.2) is 14.5 Å². The van der Waals surface area contributed by atoms with Crippen molar-refractivity contribution in [1.29, 1.82) is 0 Å². The van der Waals surface area contributed by atoms with Crippen molar-refractivity contribution in [3.05, 3.63) is 73.8 Å². The summed E-state index contributed by atoms with van der Waals surface area (Å²) < 4.78 is 124. The Labute approximate surface area is 232 Å². The Balaban J connectivity index is 1.53. The van der Waals surface area contributed by atoms with E-state index in [-0.39, 0.29) is 52.1 Å². The smallest absolute Gasteiger partial charge is 0.378 e. The van der Waals surface area contributed by atoms with E-state index in [1.807, 2.05) is 0 Å². The summed E-state index contributed by atoms with van der Waals surface area (Å²) in [5, 5.41) is 7.17. The van der Waals surface area contributed by atoms with Gasteiger partial charge in [-0.05, 0) is 36.4 Å². The quantitative estimate of drug-likeness (QED) is 0.213. The Bertz CT molecular complexity index is 1680. The first kappa shape index (κ1) is 31.0. The predicted molar refractivity (Wildman–Crippen MR) is 133 cm³/mol. The zero-order valence-electron chi connectivity index (χ0n) is 20.8. The van der Waals surface area contributed by atoms with E-state index in [1.54, 1.807) is 5.10 Å². The Morgan fingerprint density at radius 3 is 2.45 bits per heavy atom. The first-order chi connectivity index (χ1) is 19.6. The lowest BCUT2D eigenvalue weighted by atomic mass is 10.1. The maximum atomic E-state index is 14.8. The van der Waals surface area contributed by atoms with Crippen LogP contribution in [0.15, 0.2) is 46.4 Å². The van der Waals surface area contributed by atoms with Crippen LogP contribution in [0.5, 0.6) is 0 Å². The van der Waals surface area contributed by atoms with Crippen molar-refractivity contribution in [3.8, 4) is 10.6 Å². The number of hydrogen-bond donors (Lipinski definition) is 2. The highest BCUT2D eigenvalue weighted by atomic mass is 32.1. The molecule has 1 aromatic carbocycles. The number of nitrogens with zero attached hydrogens (tertiary/aromatic N) is 3. The average Bonchev–Trinajstić information content (AvgIpc) is 3.39. The SMILES string of the molecule is O=c1[nH]ncc(NC(CCCn2ccc3cc(-c4ncc(C(F)(F)F)s4)c(F)cc3c2=O)COC(F)F)c1C(F)(F)F. The highest BCUT2D eigenvalue weighted by Crippen LogP contribution is 2.38. The van der Waals surface area contributed by atoms with Crippen molar-refractivity contribution in [3.63, 3.8) is 0 Å². The van der Waals surface area contributed by atoms with E-state index in [1.165, 1.54) is 18.3 Å². The molecular formula is C24H18F9N5O3S. The number of nitrogens with one attached hydrogen (secondary N) is 2. The van der Waals surface area contributed by atoms with E-state index in [0.29, 0.717) is 12.4 Å². The molecule has 3 aromatic heterocycles. The first-order valence-electron chi connectivity index (χ1n) is 11.8. The monoisotopic (exact) mass is 627 g/mol. The lowest BCUT2D eigenvalue weighted by molar-refractivity contribution is -0.138. The van der Waals surface area contributed by atoms with Gasteiger partial charge in [0, 0.05) is 24.3 Å². The molecule has 0 aliphatic rings. The first-order valence-corrected chi connectivity index (χ1v) is 12.6. The molecule has 1 unspecified atom stereocenters. The van der Waals surface area contributed by atoms with Gasteiger partial charge >= 0.3 is 19.0 Å². The van der Waals surface area contributed by atoms with Crippen LogP contribution in [-0.2, 0) is 23.6 Å². The zero-order valence-corrected chi connectivity index (χ0v) is 21.6. The Hall–Kier alpha value is -3.93. The van der Waals surface area contributed by atoms with E-state index in [9.17, 15) is 49.1 Å². The minimum absolute atomic E-state index is 0.0353. The Morgan fingerprint density at radius 2 is 1.81 bits per heavy atom. The van der Waals surface area contributed by atoms with Crippen molar-refractivity contribution in [2.45, 2.75) is 44.4 Å². The summed E-state index contributed by atoms with van der Waals surface area (Å²) in [6.45, 7) is -4.07. The number of thiazole rings is 1. The van der Waals surface area contributed by atoms with Crippen LogP contribution in [0.2, 0.25) is 0 Å². The molecule has 3 heterocycles. The van der Waals surface area contributed by atoms with Crippen LogP contribution in [-0.4, -0.2) is 39.0 Å². The number of H-pyrrole nitrogens is 1. The number of halogens is 9. The largest absolute Gasteiger partial charge is 0.427 e. The van der Waals surface area contributed by atoms with Gasteiger partial charge < -0.3 is 14.6 Å². The summed E-state index contributed by atoms with van der Waals surface area (Å²) in [5.74, 6) is -0.985. The van der Waals surface area contributed by atoms with Gasteiger partial charge in [-0.3, -0.25) is 9.59 Å². The van der Waals surface area contributed by atoms with E-state index >= 15 is 0 Å². The van der Waals surface area contributed by atoms with Gasteiger partial charge in [-0.2, -0.15) is 40.2 Å². The van der Waals surface area contributed by atoms with Crippen molar-refractivity contribution in [2.24, 2.45) is 0 Å². The molecule has 0 aliphatic carbocycles. The van der Waals surface area contributed by atoms with Crippen LogP contribution in [0.3, 0.4) is 0 Å². The van der Waals surface area contributed by atoms with Crippen LogP contribution in [0.1, 0.15) is 23.3 Å². The number of alkyl halides is 8. The van der Waals surface area contributed by atoms with Gasteiger partial charge in [0.15, 0.2) is 0 Å². The molecular weight excluding hydrogens is 609 g/mol. The Morgan fingerprint density at radius 1 is 1.07 bits per heavy atom. The minimum Gasteiger partial charge on any atom is -0.378 e. The molecule has 8 nitrogen and oxygen atoms in total. The normalized spacial score (nSPS) is 13.2. The highest BCUT2D eigenvalue weighted by molar-refractivity contribution is 7.15. The number of hydrogen-bond acceptors (Lipinski definition) is 7. The molecule has 42 heavy (non-hydrogen) atoms. The summed E-state index contributed by atoms with van der Waals surface area (Å²) in [5.41, 5.74) is -4.83. The summed E-state index contributed by atoms with van der Waals surface area (Å²) in [6, 6.07) is 2.29. The molecule has 0 fully saturated rings. The number of anilines is 1. The molecule has 0 bridgehead atoms. The maximum Gasteiger partial charge on any atom is 0.427 e. The fourth-order valence-corrected chi connectivity index (χ4v) is 4.88. The number of benzene rings is 1. The third kappa shape index (κ3) is 7.10. The second-order valence-corrected chi connectivity index (χ2v) is 9.85. The molecule has 0 saturated heterocycles. The second kappa shape index (κ2) is 12.1. The highest BCUT2D eigenvalue weighted by Gasteiger charge is 2.38. The van der Waals surface area contributed by atoms with Crippen LogP contribution < -0.4 is 16.4 Å². The molecule has 0 spiro atoms. The van der Waals surface area contributed by atoms with E-state index in [0.717, 1.165) is 10.6 Å². The van der Waals surface area contributed by atoms with Crippen molar-refractivity contribution in [2.75, 3.05) is 11.9 Å². The molecule has 4 aromatic rings. The number of aromatic amines is 1. The molecule has 0 radical (unpaired) electrons. The summed E-state index contributed by atoms with van der Waals surface area (Å²) in [7, 11) is 0. The van der Waals surface area contributed by atoms with Crippen LogP contribution in [0, 0.1) is 5.82 Å². The molecule has 4 rings (SSSR count). The fourth-order valence-electron chi connectivity index (χ4n) is 4.08. The predicted octanol–water partition coefficient (Wildman–Crippen LogP) is 5.89. The number of rotatable bonds is 10. The van der Waals surface area contributed by atoms with Crippen LogP contribution >= 0.6 is 11.3 Å². The van der Waals surface area contributed by atoms with Gasteiger partial charge in [-0.15, -0.1) is 11.3 Å². The topological polar surface area (TPSA) is 102 Å². The van der Waals surface area contributed by atoms with Crippen LogP contribution in [0.25, 0.3) is 21.3 Å². The van der Waals surface area contributed by atoms with Gasteiger partial charge in [0.25, 0.3) is 11.1 Å². The fraction of sp³-hybridized carbons (Fsp3) is 0.333. The third-order valence-electron chi connectivity index (χ3n) is 5.95. The Kier molecular flexibility index (Phi) is 8.95. The lowest BCUT2D eigenvalue weighted by Crippen LogP contribution is -2.32. The lowest BCUT2D eigenvalue weighted by Gasteiger charge is -2.22. The molecule has 0 amide bonds. The van der Waals surface area contributed by atoms with Crippen LogP contribution in [0.4, 0.5) is 45.2 Å². The summed E-state index contributed by atoms with van der Waals surface area (Å²) in [6.07, 6.45) is -7.25. The number of aromatic nitrogens is 4. The average molecular weight is 627 g/mol. The van der Waals surface area contributed by atoms with Gasteiger partial charge in [0.2, 0.25) is 0 Å². The number of aryl methyl sites for hydroxylation is 1. The molecule has 0 saturated carbocycles. The molecule has 0 aliphatic heterocycles. The summed E-state index contributed by atoms with van der Waals surface area (Å²) in [4.78, 5) is 27.3.